The van der Waals surface area contributed by atoms with Gasteiger partial charge >= 0.3 is 11.9 Å². The van der Waals surface area contributed by atoms with Crippen molar-refractivity contribution in [2.75, 3.05) is 13.2 Å². The third-order valence-electron chi connectivity index (χ3n) is 17.0. The summed E-state index contributed by atoms with van der Waals surface area (Å²) in [6.07, 6.45) is -7.34. The number of rotatable bonds is 7. The van der Waals surface area contributed by atoms with Gasteiger partial charge in [-0.15, -0.1) is 0 Å². The molecule has 5 saturated carbocycles. The van der Waals surface area contributed by atoms with E-state index in [4.69, 9.17) is 14.2 Å². The summed E-state index contributed by atoms with van der Waals surface area (Å²) in [5.74, 6) is -4.73. The Labute approximate surface area is 338 Å². The van der Waals surface area contributed by atoms with Gasteiger partial charge in [0.2, 0.25) is 6.29 Å². The maximum absolute atomic E-state index is 14.6. The van der Waals surface area contributed by atoms with Crippen LogP contribution in [0.4, 0.5) is 0 Å². The molecule has 324 valence electrons. The third kappa shape index (κ3) is 6.04. The molecule has 0 spiro atoms. The quantitative estimate of drug-likeness (QED) is 0.107. The molecule has 10 N–H and O–H groups in total. The van der Waals surface area contributed by atoms with Crippen LogP contribution in [0.2, 0.25) is 0 Å². The average molecular weight is 819 g/mol. The topological polar surface area (TPSA) is 264 Å². The van der Waals surface area contributed by atoms with Gasteiger partial charge in [0, 0.05) is 11.3 Å². The van der Waals surface area contributed by atoms with Crippen molar-refractivity contribution in [2.45, 2.75) is 135 Å². The van der Waals surface area contributed by atoms with Crippen molar-refractivity contribution in [2.24, 2.45) is 56.7 Å². The summed E-state index contributed by atoms with van der Waals surface area (Å²) in [4.78, 5) is 27.8. The van der Waals surface area contributed by atoms with E-state index in [0.29, 0.717) is 44.9 Å². The Balaban J connectivity index is 1.19. The van der Waals surface area contributed by atoms with Crippen LogP contribution in [0, 0.1) is 56.7 Å². The summed E-state index contributed by atoms with van der Waals surface area (Å²) in [5, 5.41) is 107. The summed E-state index contributed by atoms with van der Waals surface area (Å²) < 4.78 is 17.2. The van der Waals surface area contributed by atoms with E-state index in [0.717, 1.165) is 17.7 Å². The van der Waals surface area contributed by atoms with Crippen LogP contribution in [-0.2, 0) is 19.0 Å². The van der Waals surface area contributed by atoms with Gasteiger partial charge < -0.3 is 65.3 Å². The van der Waals surface area contributed by atoms with Crippen LogP contribution in [0.5, 0.6) is 17.2 Å². The van der Waals surface area contributed by atoms with Gasteiger partial charge in [0.25, 0.3) is 0 Å². The molecular weight excluding hydrogens is 756 g/mol. The smallest absolute Gasteiger partial charge is 0.338 e. The lowest BCUT2D eigenvalue weighted by Gasteiger charge is -2.73. The molecule has 1 heterocycles. The van der Waals surface area contributed by atoms with Crippen LogP contribution in [-0.4, -0.2) is 125 Å². The lowest BCUT2D eigenvalue weighted by molar-refractivity contribution is -0.304. The number of phenols is 3. The molecule has 5 aliphatic carbocycles. The number of allylic oxidation sites excluding steroid dienone is 1. The Morgan fingerprint density at radius 1 is 0.845 bits per heavy atom. The third-order valence-corrected chi connectivity index (χ3v) is 17.0. The number of hydrogen-bond donors (Lipinski definition) is 10. The van der Waals surface area contributed by atoms with Crippen molar-refractivity contribution < 1.29 is 74.9 Å². The number of esters is 2. The molecular formula is C43H62O15. The fourth-order valence-corrected chi connectivity index (χ4v) is 14.2. The van der Waals surface area contributed by atoms with E-state index in [-0.39, 0.29) is 35.7 Å². The minimum Gasteiger partial charge on any atom is -0.504 e. The number of aromatic hydroxyl groups is 3. The van der Waals surface area contributed by atoms with Crippen LogP contribution in [0.15, 0.2) is 24.3 Å². The number of carbonyl (C=O) groups is 2. The highest BCUT2D eigenvalue weighted by atomic mass is 16.7. The molecule has 1 aliphatic heterocycles. The van der Waals surface area contributed by atoms with Gasteiger partial charge in [0.1, 0.15) is 24.4 Å². The van der Waals surface area contributed by atoms with Crippen LogP contribution in [0.1, 0.15) is 96.3 Å². The molecule has 15 heteroatoms. The molecule has 6 fully saturated rings. The van der Waals surface area contributed by atoms with Crippen molar-refractivity contribution >= 4 is 11.9 Å². The summed E-state index contributed by atoms with van der Waals surface area (Å²) in [5.41, 5.74) is -3.33. The molecule has 15 nitrogen and oxygen atoms in total. The first-order chi connectivity index (χ1) is 27.0. The predicted molar refractivity (Wildman–Crippen MR) is 204 cm³/mol. The zero-order valence-electron chi connectivity index (χ0n) is 34.0. The van der Waals surface area contributed by atoms with Crippen molar-refractivity contribution in [3.8, 4) is 17.2 Å². The summed E-state index contributed by atoms with van der Waals surface area (Å²) in [7, 11) is 0. The van der Waals surface area contributed by atoms with E-state index in [9.17, 15) is 60.7 Å². The number of hydrogen-bond acceptors (Lipinski definition) is 15. The first kappa shape index (κ1) is 43.1. The molecule has 7 rings (SSSR count). The van der Waals surface area contributed by atoms with Crippen molar-refractivity contribution in [1.82, 2.24) is 0 Å². The molecule has 0 amide bonds. The van der Waals surface area contributed by atoms with Gasteiger partial charge in [-0.1, -0.05) is 39.8 Å². The van der Waals surface area contributed by atoms with Gasteiger partial charge in [0.05, 0.1) is 42.5 Å². The minimum atomic E-state index is -1.73. The minimum absolute atomic E-state index is 0.0361. The van der Waals surface area contributed by atoms with Gasteiger partial charge in [0.15, 0.2) is 17.2 Å². The number of ether oxygens (including phenoxy) is 3. The maximum Gasteiger partial charge on any atom is 0.338 e. The number of benzene rings is 1. The highest BCUT2D eigenvalue weighted by molar-refractivity contribution is 5.91. The molecule has 0 bridgehead atoms. The van der Waals surface area contributed by atoms with E-state index >= 15 is 0 Å². The van der Waals surface area contributed by atoms with Crippen LogP contribution in [0.3, 0.4) is 0 Å². The molecule has 1 aromatic rings. The van der Waals surface area contributed by atoms with E-state index in [2.05, 4.69) is 27.4 Å². The maximum atomic E-state index is 14.6. The second kappa shape index (κ2) is 14.6. The SMILES string of the molecule is C=C(C)[C@@H]1CC[C@]2(C(=O)O[C@@H]3O[C@H](CO)[C@@H](O)[C@H](O)[C@H]3O)CC[C@]3(C)[C@H](CC[C@@H]4[C@@]5(C)C[C@@H](O)[C@H](O)[C@@](C)(COC(=O)c6cc(O)c(O)c(O)c6)[C@@H]5[C@H](O)C[C@]43C)[C@@H]12. The lowest BCUT2D eigenvalue weighted by Crippen LogP contribution is -2.72. The number of aliphatic hydroxyl groups is 7. The largest absolute Gasteiger partial charge is 0.504 e. The molecule has 6 aliphatic rings. The molecule has 58 heavy (non-hydrogen) atoms. The summed E-state index contributed by atoms with van der Waals surface area (Å²) >= 11 is 0. The second-order valence-corrected chi connectivity index (χ2v) is 19.8. The molecule has 0 radical (unpaired) electrons. The van der Waals surface area contributed by atoms with Gasteiger partial charge in [-0.2, -0.15) is 0 Å². The van der Waals surface area contributed by atoms with E-state index in [1.54, 1.807) is 6.92 Å². The highest BCUT2D eigenvalue weighted by Gasteiger charge is 2.75. The normalized spacial score (nSPS) is 48.4. The Hall–Kier alpha value is -3.02. The Morgan fingerprint density at radius 2 is 1.50 bits per heavy atom. The van der Waals surface area contributed by atoms with Gasteiger partial charge in [-0.05, 0) is 110 Å². The van der Waals surface area contributed by atoms with Crippen LogP contribution >= 0.6 is 0 Å². The zero-order valence-corrected chi connectivity index (χ0v) is 34.0. The fraction of sp³-hybridized carbons (Fsp3) is 0.767. The van der Waals surface area contributed by atoms with E-state index in [1.165, 1.54) is 0 Å². The standard InChI is InChI=1S/C43H62O15/c1-19(2)21-9-10-43(38(55)58-37-33(52)32(51)31(50)27(17-44)57-37)12-11-41(5)22(29(21)43)7-8-28-39(3)15-26(48)35(53)40(4,34(39)25(47)16-42(28,41)6)18-56-36(54)20-13-23(45)30(49)24(46)14-20/h13-14,21-22,25-29,31-35,37,44-53H,1,7-12,15-18H2,2-6H3/t21-,22+,25+,26+,27+,28+,29+,31+,32-,33+,34+,35-,37-,39+,40-,41+,42+,43-/m0/s1. The van der Waals surface area contributed by atoms with Crippen LogP contribution < -0.4 is 0 Å². The monoisotopic (exact) mass is 818 g/mol. The number of carbonyl (C=O) groups excluding carboxylic acids is 2. The highest BCUT2D eigenvalue weighted by Crippen LogP contribution is 2.77. The number of fused-ring (bicyclic) bond motifs is 7. The Morgan fingerprint density at radius 3 is 2.12 bits per heavy atom. The first-order valence-corrected chi connectivity index (χ1v) is 20.7. The van der Waals surface area contributed by atoms with Crippen molar-refractivity contribution in [3.05, 3.63) is 29.8 Å². The first-order valence-electron chi connectivity index (χ1n) is 20.7. The molecule has 0 unspecified atom stereocenters. The summed E-state index contributed by atoms with van der Waals surface area (Å²) in [6, 6.07) is 1.90. The van der Waals surface area contributed by atoms with Gasteiger partial charge in [-0.3, -0.25) is 4.79 Å². The summed E-state index contributed by atoms with van der Waals surface area (Å²) in [6.45, 7) is 13.5. The van der Waals surface area contributed by atoms with E-state index in [1.807, 2.05) is 6.92 Å². The lowest BCUT2D eigenvalue weighted by atomic mass is 9.31. The molecule has 1 aromatic carbocycles. The fourth-order valence-electron chi connectivity index (χ4n) is 14.2. The zero-order chi connectivity index (χ0) is 42.7. The number of aliphatic hydroxyl groups excluding tert-OH is 7. The predicted octanol–water partition coefficient (Wildman–Crippen LogP) is 2.24. The van der Waals surface area contributed by atoms with Crippen molar-refractivity contribution in [1.29, 1.82) is 0 Å². The number of phenolic OH excluding ortho intramolecular Hbond substituents is 3. The van der Waals surface area contributed by atoms with Crippen molar-refractivity contribution in [3.63, 3.8) is 0 Å². The molecule has 0 aromatic heterocycles. The Bertz CT molecular complexity index is 1780. The average Bonchev–Trinajstić information content (AvgIpc) is 3.57. The van der Waals surface area contributed by atoms with Gasteiger partial charge in [-0.25, -0.2) is 4.79 Å². The molecule has 18 atom stereocenters. The van der Waals surface area contributed by atoms with E-state index < -0.39 is 124 Å². The second-order valence-electron chi connectivity index (χ2n) is 19.8. The van der Waals surface area contributed by atoms with Crippen LogP contribution in [0.25, 0.3) is 0 Å². The Kier molecular flexibility index (Phi) is 10.8. The molecule has 1 saturated heterocycles.